The van der Waals surface area contributed by atoms with Crippen LogP contribution in [0.2, 0.25) is 0 Å². The molecule has 3 aromatic carbocycles. The van der Waals surface area contributed by atoms with Crippen molar-refractivity contribution >= 4 is 47.1 Å². The Hall–Kier alpha value is -5.42. The second kappa shape index (κ2) is 12.7. The number of thiophene rings is 1. The SMILES string of the molecule is O=C(N/N=C/c1cccc(OC(=O)c2ccc([N+](=O)[O-])cc2)c1)/C(=C/c1cccs1)NC(=O)c1ccccc1. The molecule has 0 aliphatic carbocycles. The van der Waals surface area contributed by atoms with Gasteiger partial charge in [0.05, 0.1) is 16.7 Å². The Kier molecular flexibility index (Phi) is 8.67. The number of hydrazone groups is 1. The minimum Gasteiger partial charge on any atom is -0.423 e. The highest BCUT2D eigenvalue weighted by Gasteiger charge is 2.15. The van der Waals surface area contributed by atoms with E-state index in [1.54, 1.807) is 60.7 Å². The van der Waals surface area contributed by atoms with Gasteiger partial charge in [-0.05, 0) is 59.5 Å². The summed E-state index contributed by atoms with van der Waals surface area (Å²) in [6.07, 6.45) is 2.90. The molecule has 0 aliphatic rings. The van der Waals surface area contributed by atoms with Gasteiger partial charge in [0.15, 0.2) is 0 Å². The van der Waals surface area contributed by atoms with E-state index in [1.165, 1.54) is 47.9 Å². The highest BCUT2D eigenvalue weighted by atomic mass is 32.1. The summed E-state index contributed by atoms with van der Waals surface area (Å²) in [4.78, 5) is 48.8. The lowest BCUT2D eigenvalue weighted by molar-refractivity contribution is -0.384. The molecule has 0 aliphatic heterocycles. The van der Waals surface area contributed by atoms with Crippen molar-refractivity contribution in [1.82, 2.24) is 10.7 Å². The fraction of sp³-hybridized carbons (Fsp3) is 0. The predicted octanol–water partition coefficient (Wildman–Crippen LogP) is 4.80. The monoisotopic (exact) mass is 540 g/mol. The molecule has 0 saturated carbocycles. The molecule has 4 aromatic rings. The molecule has 1 aromatic heterocycles. The average molecular weight is 541 g/mol. The Morgan fingerprint density at radius 2 is 1.67 bits per heavy atom. The lowest BCUT2D eigenvalue weighted by atomic mass is 10.2. The smallest absolute Gasteiger partial charge is 0.343 e. The lowest BCUT2D eigenvalue weighted by Crippen LogP contribution is -2.32. The van der Waals surface area contributed by atoms with E-state index in [0.717, 1.165) is 4.88 Å². The Bertz CT molecular complexity index is 1550. The molecule has 11 heteroatoms. The zero-order chi connectivity index (χ0) is 27.6. The van der Waals surface area contributed by atoms with E-state index in [4.69, 9.17) is 4.74 Å². The number of ether oxygens (including phenoxy) is 1. The number of non-ortho nitro benzene ring substituents is 1. The maximum atomic E-state index is 12.8. The van der Waals surface area contributed by atoms with Crippen LogP contribution in [-0.2, 0) is 4.79 Å². The summed E-state index contributed by atoms with van der Waals surface area (Å²) in [5.74, 6) is -1.56. The van der Waals surface area contributed by atoms with Crippen molar-refractivity contribution in [2.24, 2.45) is 5.10 Å². The van der Waals surface area contributed by atoms with Crippen LogP contribution in [0, 0.1) is 10.1 Å². The van der Waals surface area contributed by atoms with E-state index in [9.17, 15) is 24.5 Å². The Morgan fingerprint density at radius 1 is 0.897 bits per heavy atom. The van der Waals surface area contributed by atoms with Crippen molar-refractivity contribution < 1.29 is 24.0 Å². The Labute approximate surface area is 226 Å². The first-order valence-electron chi connectivity index (χ1n) is 11.4. The summed E-state index contributed by atoms with van der Waals surface area (Å²) in [5.41, 5.74) is 3.32. The maximum absolute atomic E-state index is 12.8. The van der Waals surface area contributed by atoms with Gasteiger partial charge in [-0.15, -0.1) is 11.3 Å². The first-order chi connectivity index (χ1) is 18.9. The van der Waals surface area contributed by atoms with Crippen molar-refractivity contribution in [3.8, 4) is 5.75 Å². The number of hydrogen-bond donors (Lipinski definition) is 2. The van der Waals surface area contributed by atoms with Gasteiger partial charge < -0.3 is 10.1 Å². The first-order valence-corrected chi connectivity index (χ1v) is 12.3. The van der Waals surface area contributed by atoms with Gasteiger partial charge in [0.2, 0.25) is 0 Å². The van der Waals surface area contributed by atoms with Gasteiger partial charge in [-0.3, -0.25) is 19.7 Å². The van der Waals surface area contributed by atoms with Crippen LogP contribution in [0.1, 0.15) is 31.2 Å². The van der Waals surface area contributed by atoms with Crippen LogP contribution in [0.4, 0.5) is 5.69 Å². The summed E-state index contributed by atoms with van der Waals surface area (Å²) >= 11 is 1.40. The minimum absolute atomic E-state index is 0.00855. The molecule has 10 nitrogen and oxygen atoms in total. The molecular formula is C28H20N4O6S. The summed E-state index contributed by atoms with van der Waals surface area (Å²) < 4.78 is 5.34. The van der Waals surface area contributed by atoms with Crippen LogP contribution in [0.5, 0.6) is 5.75 Å². The number of rotatable bonds is 9. The molecule has 0 fully saturated rings. The summed E-state index contributed by atoms with van der Waals surface area (Å²) in [5, 5.41) is 19.2. The molecule has 194 valence electrons. The van der Waals surface area contributed by atoms with Gasteiger partial charge in [-0.1, -0.05) is 36.4 Å². The number of amides is 2. The molecule has 0 saturated heterocycles. The number of nitro groups is 1. The first kappa shape index (κ1) is 26.6. The van der Waals surface area contributed by atoms with Gasteiger partial charge in [0, 0.05) is 22.6 Å². The van der Waals surface area contributed by atoms with Gasteiger partial charge in [0.25, 0.3) is 17.5 Å². The number of carbonyl (C=O) groups is 3. The predicted molar refractivity (Wildman–Crippen MR) is 146 cm³/mol. The Morgan fingerprint density at radius 3 is 2.36 bits per heavy atom. The third-order valence-corrected chi connectivity index (χ3v) is 5.94. The van der Waals surface area contributed by atoms with Crippen LogP contribution in [0.25, 0.3) is 6.08 Å². The van der Waals surface area contributed by atoms with E-state index in [0.29, 0.717) is 11.1 Å². The number of nitro benzene ring substituents is 1. The zero-order valence-corrected chi connectivity index (χ0v) is 21.0. The number of nitrogens with one attached hydrogen (secondary N) is 2. The molecule has 0 bridgehead atoms. The molecule has 4 rings (SSSR count). The van der Waals surface area contributed by atoms with Gasteiger partial charge in [-0.25, -0.2) is 10.2 Å². The largest absolute Gasteiger partial charge is 0.423 e. The quantitative estimate of drug-likeness (QED) is 0.0781. The standard InChI is InChI=1S/C28H20N4O6S/c33-26(20-7-2-1-3-8-20)30-25(17-24-10-5-15-39-24)27(34)31-29-18-19-6-4-9-23(16-19)38-28(35)21-11-13-22(14-12-21)32(36)37/h1-18H,(H,30,33)(H,31,34)/b25-17-,29-18+. The van der Waals surface area contributed by atoms with E-state index >= 15 is 0 Å². The number of benzene rings is 3. The lowest BCUT2D eigenvalue weighted by Gasteiger charge is -2.09. The van der Waals surface area contributed by atoms with Crippen LogP contribution in [0.15, 0.2) is 107 Å². The van der Waals surface area contributed by atoms with Crippen LogP contribution in [0.3, 0.4) is 0 Å². The molecule has 0 spiro atoms. The molecular weight excluding hydrogens is 520 g/mol. The highest BCUT2D eigenvalue weighted by Crippen LogP contribution is 2.17. The van der Waals surface area contributed by atoms with Crippen molar-refractivity contribution in [2.45, 2.75) is 0 Å². The second-order valence-corrected chi connectivity index (χ2v) is 8.84. The minimum atomic E-state index is -0.690. The van der Waals surface area contributed by atoms with E-state index in [1.807, 2.05) is 11.4 Å². The molecule has 2 N–H and O–H groups in total. The summed E-state index contributed by atoms with van der Waals surface area (Å²) in [6.45, 7) is 0. The fourth-order valence-electron chi connectivity index (χ4n) is 3.23. The van der Waals surface area contributed by atoms with Gasteiger partial charge in [0.1, 0.15) is 11.4 Å². The average Bonchev–Trinajstić information content (AvgIpc) is 3.46. The van der Waals surface area contributed by atoms with Crippen molar-refractivity contribution in [3.63, 3.8) is 0 Å². The van der Waals surface area contributed by atoms with Crippen molar-refractivity contribution in [2.75, 3.05) is 0 Å². The Balaban J connectivity index is 1.41. The molecule has 0 radical (unpaired) electrons. The number of hydrogen-bond acceptors (Lipinski definition) is 8. The number of esters is 1. The molecule has 1 heterocycles. The fourth-order valence-corrected chi connectivity index (χ4v) is 3.88. The van der Waals surface area contributed by atoms with Crippen molar-refractivity contribution in [1.29, 1.82) is 0 Å². The van der Waals surface area contributed by atoms with Crippen LogP contribution >= 0.6 is 11.3 Å². The third-order valence-electron chi connectivity index (χ3n) is 5.12. The van der Waals surface area contributed by atoms with E-state index < -0.39 is 22.7 Å². The van der Waals surface area contributed by atoms with Crippen LogP contribution < -0.4 is 15.5 Å². The topological polar surface area (TPSA) is 140 Å². The maximum Gasteiger partial charge on any atom is 0.343 e. The number of carbonyl (C=O) groups excluding carboxylic acids is 3. The molecule has 2 amide bonds. The zero-order valence-electron chi connectivity index (χ0n) is 20.1. The van der Waals surface area contributed by atoms with Gasteiger partial charge >= 0.3 is 5.97 Å². The van der Waals surface area contributed by atoms with Crippen molar-refractivity contribution in [3.05, 3.63) is 134 Å². The van der Waals surface area contributed by atoms with Gasteiger partial charge in [-0.2, -0.15) is 5.10 Å². The van der Waals surface area contributed by atoms with Crippen LogP contribution in [-0.4, -0.2) is 28.9 Å². The highest BCUT2D eigenvalue weighted by molar-refractivity contribution is 7.10. The number of nitrogens with zero attached hydrogens (tertiary/aromatic N) is 2. The normalized spacial score (nSPS) is 11.1. The summed E-state index contributed by atoms with van der Waals surface area (Å²) in [6, 6.07) is 23.6. The third kappa shape index (κ3) is 7.54. The summed E-state index contributed by atoms with van der Waals surface area (Å²) in [7, 11) is 0. The second-order valence-electron chi connectivity index (χ2n) is 7.86. The molecule has 39 heavy (non-hydrogen) atoms. The van der Waals surface area contributed by atoms with E-state index in [2.05, 4.69) is 15.8 Å². The molecule has 0 atom stereocenters. The van der Waals surface area contributed by atoms with E-state index in [-0.39, 0.29) is 22.7 Å². The molecule has 0 unspecified atom stereocenters.